The zero-order valence-corrected chi connectivity index (χ0v) is 25.2. The number of carbonyl (C=O) groups is 2. The summed E-state index contributed by atoms with van der Waals surface area (Å²) in [6.45, 7) is 2.34. The van der Waals surface area contributed by atoms with Crippen molar-refractivity contribution < 1.29 is 24.2 Å². The van der Waals surface area contributed by atoms with Gasteiger partial charge in [-0.05, 0) is 34.9 Å². The van der Waals surface area contributed by atoms with Crippen LogP contribution in [0.3, 0.4) is 0 Å². The van der Waals surface area contributed by atoms with Crippen LogP contribution in [0.4, 0.5) is 0 Å². The van der Waals surface area contributed by atoms with Crippen LogP contribution in [0.2, 0.25) is 5.02 Å². The van der Waals surface area contributed by atoms with E-state index in [1.165, 1.54) is 26.5 Å². The van der Waals surface area contributed by atoms with Crippen LogP contribution in [-0.4, -0.2) is 76.4 Å². The normalized spacial score (nSPS) is 20.3. The summed E-state index contributed by atoms with van der Waals surface area (Å²) < 4.78 is 10.9. The minimum atomic E-state index is -1.45. The topological polar surface area (TPSA) is 127 Å². The van der Waals surface area contributed by atoms with E-state index in [0.717, 1.165) is 18.7 Å². The zero-order valence-electron chi connectivity index (χ0n) is 23.7. The summed E-state index contributed by atoms with van der Waals surface area (Å²) in [5, 5.41) is 12.0. The number of aromatic nitrogens is 3. The molecule has 3 aromatic rings. The lowest BCUT2D eigenvalue weighted by molar-refractivity contribution is 0.0471. The van der Waals surface area contributed by atoms with E-state index in [2.05, 4.69) is 15.2 Å². The maximum atomic E-state index is 13.8. The summed E-state index contributed by atoms with van der Waals surface area (Å²) in [4.78, 5) is 41.1. The predicted molar refractivity (Wildman–Crippen MR) is 162 cm³/mol. The molecule has 1 saturated heterocycles. The van der Waals surface area contributed by atoms with Crippen LogP contribution in [0.5, 0.6) is 5.88 Å². The molecule has 5 rings (SSSR count). The molecule has 12 heteroatoms. The van der Waals surface area contributed by atoms with Crippen molar-refractivity contribution in [2.75, 3.05) is 33.9 Å². The molecule has 0 spiro atoms. The van der Waals surface area contributed by atoms with Gasteiger partial charge in [-0.3, -0.25) is 19.5 Å². The number of nitrogens with zero attached hydrogens (tertiary/aromatic N) is 4. The fourth-order valence-corrected chi connectivity index (χ4v) is 5.96. The molecular weight excluding hydrogens is 593 g/mol. The third-order valence-corrected chi connectivity index (χ3v) is 8.48. The summed E-state index contributed by atoms with van der Waals surface area (Å²) in [5.74, 6) is 0.234. The number of benzene rings is 1. The van der Waals surface area contributed by atoms with Crippen LogP contribution < -0.4 is 10.1 Å². The monoisotopic (exact) mass is 623 g/mol. The maximum absolute atomic E-state index is 13.8. The number of nitrogens with one attached hydrogen (secondary N) is 1. The van der Waals surface area contributed by atoms with E-state index in [9.17, 15) is 14.7 Å². The third kappa shape index (κ3) is 6.20. The number of aliphatic hydroxyl groups is 1. The number of aliphatic hydroxyl groups excluding tert-OH is 1. The zero-order chi connectivity index (χ0) is 30.6. The molecule has 1 aliphatic carbocycles. The standard InChI is InChI=1S/C31H31Cl2N5O5/c1-42-18-20-10-26(34-12-22(20)17-40)28(41)37-31(9-5-7-24(27(31)33)23-6-3-4-8-25(23)32)30-35-11-21(29(36-30)43-2)15-38-13-19(14-38)16-39/h3-12,17,19,27,39H,13-16,18H2,1-2H3,(H,37,41). The predicted octanol–water partition coefficient (Wildman–Crippen LogP) is 3.80. The first kappa shape index (κ1) is 30.8. The van der Waals surface area contributed by atoms with Crippen LogP contribution in [0.15, 0.2) is 61.0 Å². The van der Waals surface area contributed by atoms with Crippen molar-refractivity contribution in [3.63, 3.8) is 0 Å². The smallest absolute Gasteiger partial charge is 0.270 e. The number of aldehydes is 1. The van der Waals surface area contributed by atoms with E-state index in [1.54, 1.807) is 24.4 Å². The Morgan fingerprint density at radius 1 is 1.21 bits per heavy atom. The Labute approximate surface area is 259 Å². The molecule has 10 nitrogen and oxygen atoms in total. The molecule has 1 aliphatic heterocycles. The van der Waals surface area contributed by atoms with Crippen molar-refractivity contribution in [1.29, 1.82) is 0 Å². The van der Waals surface area contributed by atoms with Crippen molar-refractivity contribution in [2.45, 2.75) is 24.1 Å². The maximum Gasteiger partial charge on any atom is 0.270 e. The van der Waals surface area contributed by atoms with Crippen molar-refractivity contribution in [2.24, 2.45) is 5.92 Å². The number of amides is 1. The highest BCUT2D eigenvalue weighted by Crippen LogP contribution is 2.42. The van der Waals surface area contributed by atoms with Crippen LogP contribution in [0.25, 0.3) is 5.57 Å². The molecule has 1 amide bonds. The van der Waals surface area contributed by atoms with Crippen molar-refractivity contribution >= 4 is 41.0 Å². The van der Waals surface area contributed by atoms with Gasteiger partial charge in [-0.2, -0.15) is 4.98 Å². The van der Waals surface area contributed by atoms with Gasteiger partial charge >= 0.3 is 0 Å². The average Bonchev–Trinajstić information content (AvgIpc) is 3.00. The lowest BCUT2D eigenvalue weighted by Gasteiger charge is -2.39. The van der Waals surface area contributed by atoms with Gasteiger partial charge in [-0.15, -0.1) is 11.6 Å². The van der Waals surface area contributed by atoms with E-state index >= 15 is 0 Å². The van der Waals surface area contributed by atoms with E-state index in [4.69, 9.17) is 42.6 Å². The van der Waals surface area contributed by atoms with Gasteiger partial charge in [0.05, 0.1) is 19.1 Å². The first-order valence-electron chi connectivity index (χ1n) is 13.6. The Bertz CT molecular complexity index is 1580. The molecule has 1 fully saturated rings. The highest BCUT2D eigenvalue weighted by Gasteiger charge is 2.46. The van der Waals surface area contributed by atoms with Crippen molar-refractivity contribution in [1.82, 2.24) is 25.2 Å². The van der Waals surface area contributed by atoms with Gasteiger partial charge in [0.25, 0.3) is 5.91 Å². The van der Waals surface area contributed by atoms with Crippen molar-refractivity contribution in [3.05, 3.63) is 99.7 Å². The van der Waals surface area contributed by atoms with Gasteiger partial charge in [-0.1, -0.05) is 42.0 Å². The van der Waals surface area contributed by atoms with E-state index in [-0.39, 0.29) is 30.7 Å². The summed E-state index contributed by atoms with van der Waals surface area (Å²) in [6, 6.07) is 8.80. The lowest BCUT2D eigenvalue weighted by Crippen LogP contribution is -2.53. The average molecular weight is 625 g/mol. The van der Waals surface area contributed by atoms with E-state index < -0.39 is 16.8 Å². The summed E-state index contributed by atoms with van der Waals surface area (Å²) in [6.07, 6.45) is 9.00. The van der Waals surface area contributed by atoms with Crippen LogP contribution >= 0.6 is 23.2 Å². The van der Waals surface area contributed by atoms with Gasteiger partial charge in [0.2, 0.25) is 5.88 Å². The van der Waals surface area contributed by atoms with Crippen molar-refractivity contribution in [3.8, 4) is 5.88 Å². The Hall–Kier alpha value is -3.67. The minimum absolute atomic E-state index is 0.0583. The molecular formula is C31H31Cl2N5O5. The summed E-state index contributed by atoms with van der Waals surface area (Å²) >= 11 is 13.8. The van der Waals surface area contributed by atoms with Gasteiger partial charge < -0.3 is 19.9 Å². The van der Waals surface area contributed by atoms with Gasteiger partial charge in [0.1, 0.15) is 11.2 Å². The van der Waals surface area contributed by atoms with Gasteiger partial charge in [0.15, 0.2) is 12.1 Å². The molecule has 2 N–H and O–H groups in total. The summed E-state index contributed by atoms with van der Waals surface area (Å²) in [7, 11) is 3.02. The second-order valence-corrected chi connectivity index (χ2v) is 11.3. The van der Waals surface area contributed by atoms with Gasteiger partial charge in [-0.25, -0.2) is 4.98 Å². The van der Waals surface area contributed by atoms with E-state index in [0.29, 0.717) is 46.0 Å². The molecule has 1 aromatic carbocycles. The fraction of sp³-hybridized carbons (Fsp3) is 0.323. The first-order valence-corrected chi connectivity index (χ1v) is 14.4. The molecule has 0 saturated carbocycles. The molecule has 3 heterocycles. The van der Waals surface area contributed by atoms with E-state index in [1.807, 2.05) is 24.3 Å². The second kappa shape index (κ2) is 13.3. The lowest BCUT2D eigenvalue weighted by atomic mass is 9.82. The molecule has 0 radical (unpaired) electrons. The molecule has 224 valence electrons. The number of alkyl halides is 1. The molecule has 43 heavy (non-hydrogen) atoms. The number of hydrogen-bond donors (Lipinski definition) is 2. The highest BCUT2D eigenvalue weighted by molar-refractivity contribution is 6.34. The highest BCUT2D eigenvalue weighted by atomic mass is 35.5. The van der Waals surface area contributed by atoms with Crippen LogP contribution in [0, 0.1) is 5.92 Å². The van der Waals surface area contributed by atoms with Gasteiger partial charge in [0, 0.05) is 67.8 Å². The summed E-state index contributed by atoms with van der Waals surface area (Å²) in [5.41, 5.74) is 1.56. The number of pyridine rings is 1. The Morgan fingerprint density at radius 2 is 2.00 bits per heavy atom. The quantitative estimate of drug-likeness (QED) is 0.242. The number of ether oxygens (including phenoxy) is 2. The third-order valence-electron chi connectivity index (χ3n) is 7.57. The minimum Gasteiger partial charge on any atom is -0.481 e. The number of allylic oxidation sites excluding steroid dienone is 2. The number of hydrogen-bond acceptors (Lipinski definition) is 9. The Kier molecular flexibility index (Phi) is 9.53. The number of halogens is 2. The number of carbonyl (C=O) groups excluding carboxylic acids is 2. The Morgan fingerprint density at radius 3 is 2.70 bits per heavy atom. The Balaban J connectivity index is 1.55. The molecule has 0 bridgehead atoms. The SMILES string of the molecule is COCc1cc(C(=O)NC2(c3ncc(CN4CC(CO)C4)c(OC)n3)C=CC=C(c3ccccc3Cl)C2Cl)ncc1C=O. The number of likely N-dealkylation sites (tertiary alicyclic amines) is 1. The van der Waals surface area contributed by atoms with Crippen LogP contribution in [-0.2, 0) is 23.4 Å². The largest absolute Gasteiger partial charge is 0.481 e. The fourth-order valence-electron chi connectivity index (χ4n) is 5.30. The number of methoxy groups -OCH3 is 2. The molecule has 2 aromatic heterocycles. The molecule has 2 atom stereocenters. The first-order chi connectivity index (χ1) is 20.8. The van der Waals surface area contributed by atoms with Crippen LogP contribution in [0.1, 0.15) is 43.4 Å². The molecule has 2 unspecified atom stereocenters. The number of rotatable bonds is 11. The second-order valence-electron chi connectivity index (χ2n) is 10.4. The molecule has 2 aliphatic rings.